The van der Waals surface area contributed by atoms with Crippen LogP contribution < -0.4 is 15.2 Å². The molecule has 0 bridgehead atoms. The molecule has 1 saturated heterocycles. The van der Waals surface area contributed by atoms with Crippen LogP contribution in [0.2, 0.25) is 0 Å². The molecule has 1 atom stereocenters. The van der Waals surface area contributed by atoms with E-state index in [1.165, 1.54) is 6.42 Å². The lowest BCUT2D eigenvalue weighted by molar-refractivity contribution is 0.297. The summed E-state index contributed by atoms with van der Waals surface area (Å²) in [6, 6.07) is 1.81. The number of rotatable bonds is 5. The van der Waals surface area contributed by atoms with Crippen molar-refractivity contribution in [1.82, 2.24) is 9.88 Å². The third-order valence-electron chi connectivity index (χ3n) is 3.44. The van der Waals surface area contributed by atoms with Crippen LogP contribution in [0.3, 0.4) is 0 Å². The van der Waals surface area contributed by atoms with Crippen molar-refractivity contribution in [3.63, 3.8) is 0 Å². The Morgan fingerprint density at radius 3 is 2.89 bits per heavy atom. The van der Waals surface area contributed by atoms with Crippen LogP contribution in [0.4, 0.5) is 0 Å². The van der Waals surface area contributed by atoms with Gasteiger partial charge in [0.05, 0.1) is 14.2 Å². The predicted octanol–water partition coefficient (Wildman–Crippen LogP) is 0.879. The molecule has 1 aliphatic rings. The van der Waals surface area contributed by atoms with Crippen LogP contribution in [0.5, 0.6) is 11.5 Å². The summed E-state index contributed by atoms with van der Waals surface area (Å²) in [6.07, 6.45) is 2.93. The number of nitrogens with two attached hydrogens (primary N) is 1. The SMILES string of the molecule is COc1ccnc(CN2CC[C@H](CN)C2)c1OC. The Kier molecular flexibility index (Phi) is 4.38. The fourth-order valence-electron chi connectivity index (χ4n) is 2.42. The lowest BCUT2D eigenvalue weighted by Gasteiger charge is -2.18. The zero-order valence-electron chi connectivity index (χ0n) is 11.1. The lowest BCUT2D eigenvalue weighted by Crippen LogP contribution is -2.23. The van der Waals surface area contributed by atoms with Crippen LogP contribution in [-0.2, 0) is 6.54 Å². The first kappa shape index (κ1) is 13.1. The van der Waals surface area contributed by atoms with Crippen molar-refractivity contribution in [2.75, 3.05) is 33.9 Å². The minimum atomic E-state index is 0.613. The minimum Gasteiger partial charge on any atom is -0.493 e. The van der Waals surface area contributed by atoms with Gasteiger partial charge in [-0.05, 0) is 25.4 Å². The van der Waals surface area contributed by atoms with Gasteiger partial charge in [0.2, 0.25) is 0 Å². The normalized spacial score (nSPS) is 20.1. The molecule has 100 valence electrons. The summed E-state index contributed by atoms with van der Waals surface area (Å²) in [6.45, 7) is 3.67. The fourth-order valence-corrected chi connectivity index (χ4v) is 2.42. The van der Waals surface area contributed by atoms with Crippen LogP contribution in [0.15, 0.2) is 12.3 Å². The van der Waals surface area contributed by atoms with E-state index in [1.807, 2.05) is 6.07 Å². The van der Waals surface area contributed by atoms with E-state index < -0.39 is 0 Å². The van der Waals surface area contributed by atoms with Crippen molar-refractivity contribution >= 4 is 0 Å². The number of pyridine rings is 1. The third kappa shape index (κ3) is 2.73. The molecule has 1 fully saturated rings. The summed E-state index contributed by atoms with van der Waals surface area (Å²) in [7, 11) is 3.29. The van der Waals surface area contributed by atoms with Crippen LogP contribution in [0.25, 0.3) is 0 Å². The highest BCUT2D eigenvalue weighted by molar-refractivity contribution is 5.42. The Bertz CT molecular complexity index is 398. The second-order valence-corrected chi connectivity index (χ2v) is 4.62. The summed E-state index contributed by atoms with van der Waals surface area (Å²) in [5, 5.41) is 0. The molecule has 5 heteroatoms. The zero-order valence-corrected chi connectivity index (χ0v) is 11.1. The van der Waals surface area contributed by atoms with E-state index in [1.54, 1.807) is 20.4 Å². The van der Waals surface area contributed by atoms with E-state index >= 15 is 0 Å². The number of ether oxygens (including phenoxy) is 2. The van der Waals surface area contributed by atoms with Gasteiger partial charge in [-0.25, -0.2) is 0 Å². The standard InChI is InChI=1S/C13H21N3O2/c1-17-12-3-5-15-11(13(12)18-2)9-16-6-4-10(7-14)8-16/h3,5,10H,4,6-9,14H2,1-2H3/t10-/m1/s1. The van der Waals surface area contributed by atoms with Crippen LogP contribution in [0.1, 0.15) is 12.1 Å². The maximum Gasteiger partial charge on any atom is 0.183 e. The van der Waals surface area contributed by atoms with Crippen molar-refractivity contribution in [2.45, 2.75) is 13.0 Å². The molecule has 0 saturated carbocycles. The second-order valence-electron chi connectivity index (χ2n) is 4.62. The smallest absolute Gasteiger partial charge is 0.183 e. The van der Waals surface area contributed by atoms with Crippen molar-refractivity contribution in [2.24, 2.45) is 11.7 Å². The van der Waals surface area contributed by atoms with E-state index in [-0.39, 0.29) is 0 Å². The van der Waals surface area contributed by atoms with Gasteiger partial charge < -0.3 is 15.2 Å². The summed E-state index contributed by atoms with van der Waals surface area (Å²) < 4.78 is 10.7. The molecular formula is C13H21N3O2. The quantitative estimate of drug-likeness (QED) is 0.841. The van der Waals surface area contributed by atoms with E-state index in [0.29, 0.717) is 5.92 Å². The molecule has 2 heterocycles. The fraction of sp³-hybridized carbons (Fsp3) is 0.615. The Balaban J connectivity index is 2.09. The molecular weight excluding hydrogens is 230 g/mol. The number of hydrogen-bond donors (Lipinski definition) is 1. The topological polar surface area (TPSA) is 60.6 Å². The first-order valence-electron chi connectivity index (χ1n) is 6.26. The van der Waals surface area contributed by atoms with E-state index in [4.69, 9.17) is 15.2 Å². The summed E-state index contributed by atoms with van der Waals surface area (Å²) >= 11 is 0. The molecule has 0 aliphatic carbocycles. The van der Waals surface area contributed by atoms with Gasteiger partial charge in [0.15, 0.2) is 11.5 Å². The van der Waals surface area contributed by atoms with Gasteiger partial charge >= 0.3 is 0 Å². The zero-order chi connectivity index (χ0) is 13.0. The van der Waals surface area contributed by atoms with Gasteiger partial charge in [0.1, 0.15) is 5.69 Å². The molecule has 18 heavy (non-hydrogen) atoms. The van der Waals surface area contributed by atoms with Gasteiger partial charge in [-0.3, -0.25) is 9.88 Å². The predicted molar refractivity (Wildman–Crippen MR) is 69.8 cm³/mol. The van der Waals surface area contributed by atoms with Gasteiger partial charge in [0, 0.05) is 25.4 Å². The van der Waals surface area contributed by atoms with Crippen molar-refractivity contribution < 1.29 is 9.47 Å². The molecule has 2 N–H and O–H groups in total. The first-order valence-corrected chi connectivity index (χ1v) is 6.26. The number of likely N-dealkylation sites (tertiary alicyclic amines) is 1. The number of methoxy groups -OCH3 is 2. The Hall–Kier alpha value is -1.33. The number of hydrogen-bond acceptors (Lipinski definition) is 5. The summed E-state index contributed by atoms with van der Waals surface area (Å²) in [5.74, 6) is 2.08. The van der Waals surface area contributed by atoms with Crippen LogP contribution in [0, 0.1) is 5.92 Å². The second kappa shape index (κ2) is 6.02. The van der Waals surface area contributed by atoms with Crippen LogP contribution in [-0.4, -0.2) is 43.7 Å². The van der Waals surface area contributed by atoms with Gasteiger partial charge in [-0.2, -0.15) is 0 Å². The molecule has 2 rings (SSSR count). The molecule has 5 nitrogen and oxygen atoms in total. The van der Waals surface area contributed by atoms with E-state index in [0.717, 1.165) is 43.4 Å². The van der Waals surface area contributed by atoms with Gasteiger partial charge in [-0.15, -0.1) is 0 Å². The molecule has 1 aromatic heterocycles. The molecule has 0 amide bonds. The molecule has 0 unspecified atom stereocenters. The van der Waals surface area contributed by atoms with Crippen molar-refractivity contribution in [3.05, 3.63) is 18.0 Å². The average Bonchev–Trinajstić information content (AvgIpc) is 2.86. The molecule has 0 radical (unpaired) electrons. The third-order valence-corrected chi connectivity index (χ3v) is 3.44. The molecule has 0 aromatic carbocycles. The maximum atomic E-state index is 5.70. The van der Waals surface area contributed by atoms with Crippen molar-refractivity contribution in [3.8, 4) is 11.5 Å². The highest BCUT2D eigenvalue weighted by Gasteiger charge is 2.23. The van der Waals surface area contributed by atoms with Gasteiger partial charge in [-0.1, -0.05) is 0 Å². The number of aromatic nitrogens is 1. The largest absolute Gasteiger partial charge is 0.493 e. The van der Waals surface area contributed by atoms with Gasteiger partial charge in [0.25, 0.3) is 0 Å². The van der Waals surface area contributed by atoms with E-state index in [2.05, 4.69) is 9.88 Å². The maximum absolute atomic E-state index is 5.70. The summed E-state index contributed by atoms with van der Waals surface area (Å²) in [5.41, 5.74) is 6.63. The highest BCUT2D eigenvalue weighted by Crippen LogP contribution is 2.30. The van der Waals surface area contributed by atoms with Crippen molar-refractivity contribution in [1.29, 1.82) is 0 Å². The number of nitrogens with zero attached hydrogens (tertiary/aromatic N) is 2. The Morgan fingerprint density at radius 1 is 1.44 bits per heavy atom. The average molecular weight is 251 g/mol. The minimum absolute atomic E-state index is 0.613. The molecule has 0 spiro atoms. The lowest BCUT2D eigenvalue weighted by atomic mass is 10.1. The Morgan fingerprint density at radius 2 is 2.28 bits per heavy atom. The molecule has 1 aliphatic heterocycles. The highest BCUT2D eigenvalue weighted by atomic mass is 16.5. The molecule has 1 aromatic rings. The Labute approximate surface area is 108 Å². The first-order chi connectivity index (χ1) is 8.78. The summed E-state index contributed by atoms with van der Waals surface area (Å²) in [4.78, 5) is 6.76. The monoisotopic (exact) mass is 251 g/mol. The van der Waals surface area contributed by atoms with E-state index in [9.17, 15) is 0 Å². The van der Waals surface area contributed by atoms with Crippen LogP contribution >= 0.6 is 0 Å².